The van der Waals surface area contributed by atoms with Crippen LogP contribution in [0.5, 0.6) is 0 Å². The van der Waals surface area contributed by atoms with Crippen LogP contribution in [0, 0.1) is 0 Å². The summed E-state index contributed by atoms with van der Waals surface area (Å²) >= 11 is 12.6. The van der Waals surface area contributed by atoms with Gasteiger partial charge in [-0.05, 0) is 37.5 Å². The number of halogens is 2. The van der Waals surface area contributed by atoms with Gasteiger partial charge < -0.3 is 0 Å². The summed E-state index contributed by atoms with van der Waals surface area (Å²) in [6, 6.07) is 4.06. The van der Waals surface area contributed by atoms with Crippen LogP contribution in [0.25, 0.3) is 0 Å². The Morgan fingerprint density at radius 1 is 1.35 bits per heavy atom. The van der Waals surface area contributed by atoms with Crippen LogP contribution in [-0.2, 0) is 6.42 Å². The molecule has 0 aliphatic carbocycles. The molecule has 104 valence electrons. The molecular weight excluding hydrogens is 293 g/mol. The highest BCUT2D eigenvalue weighted by Gasteiger charge is 2.27. The van der Waals surface area contributed by atoms with Crippen LogP contribution < -0.4 is 4.90 Å². The first-order valence-corrected chi connectivity index (χ1v) is 7.46. The second-order valence-electron chi connectivity index (χ2n) is 4.98. The van der Waals surface area contributed by atoms with E-state index in [2.05, 4.69) is 29.9 Å². The maximum atomic E-state index is 6.34. The van der Waals surface area contributed by atoms with Crippen LogP contribution in [0.4, 0.5) is 11.4 Å². The molecule has 5 heteroatoms. The van der Waals surface area contributed by atoms with Gasteiger partial charge in [-0.15, -0.1) is 0 Å². The molecule has 3 rings (SSSR count). The number of aliphatic imine (C=N–C) groups is 2. The van der Waals surface area contributed by atoms with E-state index in [4.69, 9.17) is 23.2 Å². The maximum absolute atomic E-state index is 6.34. The van der Waals surface area contributed by atoms with Gasteiger partial charge in [0, 0.05) is 11.2 Å². The second kappa shape index (κ2) is 5.23. The van der Waals surface area contributed by atoms with E-state index in [9.17, 15) is 0 Å². The van der Waals surface area contributed by atoms with Gasteiger partial charge in [-0.2, -0.15) is 0 Å². The van der Waals surface area contributed by atoms with Gasteiger partial charge in [-0.1, -0.05) is 36.2 Å². The van der Waals surface area contributed by atoms with Gasteiger partial charge in [0.1, 0.15) is 0 Å². The normalized spacial score (nSPS) is 20.8. The van der Waals surface area contributed by atoms with E-state index in [-0.39, 0.29) is 6.04 Å². The van der Waals surface area contributed by atoms with E-state index in [1.54, 1.807) is 0 Å². The molecule has 1 unspecified atom stereocenters. The summed E-state index contributed by atoms with van der Waals surface area (Å²) in [5.74, 6) is 0.699. The monoisotopic (exact) mass is 307 g/mol. The van der Waals surface area contributed by atoms with Crippen molar-refractivity contribution < 1.29 is 0 Å². The van der Waals surface area contributed by atoms with Crippen molar-refractivity contribution in [1.82, 2.24) is 0 Å². The first-order valence-electron chi connectivity index (χ1n) is 6.70. The summed E-state index contributed by atoms with van der Waals surface area (Å²) in [5.41, 5.74) is 2.93. The van der Waals surface area contributed by atoms with Crippen LogP contribution >= 0.6 is 23.2 Å². The summed E-state index contributed by atoms with van der Waals surface area (Å²) in [7, 11) is 0. The van der Waals surface area contributed by atoms with E-state index in [1.165, 1.54) is 0 Å². The minimum atomic E-state index is 0.196. The Kier molecular flexibility index (Phi) is 3.57. The highest BCUT2D eigenvalue weighted by atomic mass is 35.5. The topological polar surface area (TPSA) is 28.0 Å². The van der Waals surface area contributed by atoms with E-state index >= 15 is 0 Å². The summed E-state index contributed by atoms with van der Waals surface area (Å²) in [5, 5.41) is 1.15. The molecule has 0 spiro atoms. The fourth-order valence-corrected chi connectivity index (χ4v) is 2.93. The SMILES string of the molecule is CCc1cc(Cl)cc2c1N=C(Cl)C1=NC(C)CC=CN12. The summed E-state index contributed by atoms with van der Waals surface area (Å²) in [6.07, 6.45) is 5.86. The molecule has 0 amide bonds. The summed E-state index contributed by atoms with van der Waals surface area (Å²) in [4.78, 5) is 11.2. The Balaban J connectivity index is 2.25. The van der Waals surface area contributed by atoms with E-state index in [1.807, 2.05) is 23.2 Å². The van der Waals surface area contributed by atoms with Gasteiger partial charge in [0.05, 0.1) is 17.4 Å². The fraction of sp³-hybridized carbons (Fsp3) is 0.333. The molecule has 0 fully saturated rings. The number of hydrogen-bond acceptors (Lipinski definition) is 3. The predicted molar refractivity (Wildman–Crippen MR) is 86.9 cm³/mol. The molecule has 0 bridgehead atoms. The van der Waals surface area contributed by atoms with Gasteiger partial charge in [0.25, 0.3) is 0 Å². The van der Waals surface area contributed by atoms with Crippen molar-refractivity contribution in [3.8, 4) is 0 Å². The van der Waals surface area contributed by atoms with Gasteiger partial charge in [-0.3, -0.25) is 9.89 Å². The molecule has 1 atom stereocenters. The van der Waals surface area contributed by atoms with E-state index in [0.717, 1.165) is 29.8 Å². The van der Waals surface area contributed by atoms with Crippen molar-refractivity contribution in [3.05, 3.63) is 35.0 Å². The zero-order valence-corrected chi connectivity index (χ0v) is 12.9. The quantitative estimate of drug-likeness (QED) is 0.739. The highest BCUT2D eigenvalue weighted by molar-refractivity contribution is 6.85. The van der Waals surface area contributed by atoms with Crippen molar-refractivity contribution in [3.63, 3.8) is 0 Å². The number of fused-ring (bicyclic) bond motifs is 3. The van der Waals surface area contributed by atoms with Crippen molar-refractivity contribution in [2.75, 3.05) is 4.90 Å². The molecule has 2 heterocycles. The number of benzene rings is 1. The third kappa shape index (κ3) is 2.25. The average Bonchev–Trinajstić information content (AvgIpc) is 2.61. The lowest BCUT2D eigenvalue weighted by Crippen LogP contribution is -2.33. The third-order valence-corrected chi connectivity index (χ3v) is 3.94. The van der Waals surface area contributed by atoms with Crippen LogP contribution in [0.2, 0.25) is 5.02 Å². The summed E-state index contributed by atoms with van der Waals surface area (Å²) < 4.78 is 0. The predicted octanol–water partition coefficient (Wildman–Crippen LogP) is 4.70. The standard InChI is InChI=1S/C15H15Cl2N3/c1-3-10-7-11(16)8-12-13(10)19-14(17)15-18-9(2)5-4-6-20(12)15/h4,6-9H,3,5H2,1-2H3. The number of aryl methyl sites for hydroxylation is 1. The zero-order valence-electron chi connectivity index (χ0n) is 11.4. The Bertz CT molecular complexity index is 647. The maximum Gasteiger partial charge on any atom is 0.172 e. The number of amidine groups is 1. The Hall–Kier alpha value is -1.32. The molecule has 2 aliphatic rings. The van der Waals surface area contributed by atoms with E-state index in [0.29, 0.717) is 16.0 Å². The van der Waals surface area contributed by atoms with Gasteiger partial charge in [0.15, 0.2) is 11.0 Å². The number of anilines is 1. The molecular formula is C15H15Cl2N3. The van der Waals surface area contributed by atoms with Crippen LogP contribution in [-0.4, -0.2) is 17.0 Å². The lowest BCUT2D eigenvalue weighted by atomic mass is 10.1. The minimum absolute atomic E-state index is 0.196. The lowest BCUT2D eigenvalue weighted by molar-refractivity contribution is 0.765. The molecule has 1 aromatic carbocycles. The Labute approximate surface area is 128 Å². The van der Waals surface area contributed by atoms with Crippen LogP contribution in [0.3, 0.4) is 0 Å². The minimum Gasteiger partial charge on any atom is -0.298 e. The van der Waals surface area contributed by atoms with Gasteiger partial charge >= 0.3 is 0 Å². The summed E-state index contributed by atoms with van der Waals surface area (Å²) in [6.45, 7) is 4.15. The molecule has 0 aromatic heterocycles. The highest BCUT2D eigenvalue weighted by Crippen LogP contribution is 2.40. The van der Waals surface area contributed by atoms with Gasteiger partial charge in [0.2, 0.25) is 0 Å². The van der Waals surface area contributed by atoms with Crippen molar-refractivity contribution in [1.29, 1.82) is 0 Å². The molecule has 1 aromatic rings. The average molecular weight is 308 g/mol. The molecule has 0 saturated carbocycles. The van der Waals surface area contributed by atoms with Crippen molar-refractivity contribution in [2.45, 2.75) is 32.7 Å². The molecule has 3 nitrogen and oxygen atoms in total. The van der Waals surface area contributed by atoms with Crippen LogP contribution in [0.15, 0.2) is 34.4 Å². The third-order valence-electron chi connectivity index (χ3n) is 3.47. The molecule has 20 heavy (non-hydrogen) atoms. The molecule has 2 aliphatic heterocycles. The molecule has 0 saturated heterocycles. The van der Waals surface area contributed by atoms with Crippen LogP contribution in [0.1, 0.15) is 25.8 Å². The number of hydrogen-bond donors (Lipinski definition) is 0. The van der Waals surface area contributed by atoms with Gasteiger partial charge in [-0.25, -0.2) is 4.99 Å². The number of nitrogens with zero attached hydrogens (tertiary/aromatic N) is 3. The smallest absolute Gasteiger partial charge is 0.172 e. The van der Waals surface area contributed by atoms with Crippen molar-refractivity contribution in [2.24, 2.45) is 9.98 Å². The van der Waals surface area contributed by atoms with E-state index < -0.39 is 0 Å². The first kappa shape index (κ1) is 13.7. The Morgan fingerprint density at radius 2 is 2.15 bits per heavy atom. The van der Waals surface area contributed by atoms with Crippen molar-refractivity contribution >= 4 is 45.6 Å². The fourth-order valence-electron chi connectivity index (χ4n) is 2.47. The Morgan fingerprint density at radius 3 is 2.90 bits per heavy atom. The molecule has 0 N–H and O–H groups in total. The second-order valence-corrected chi connectivity index (χ2v) is 5.78. The largest absolute Gasteiger partial charge is 0.298 e. The molecule has 0 radical (unpaired) electrons. The first-order chi connectivity index (χ1) is 9.60. The number of rotatable bonds is 1. The lowest BCUT2D eigenvalue weighted by Gasteiger charge is -2.28. The zero-order chi connectivity index (χ0) is 14.3.